The molecule has 2 rings (SSSR count). The zero-order valence-electron chi connectivity index (χ0n) is 14.4. The van der Waals surface area contributed by atoms with Gasteiger partial charge >= 0.3 is 12.1 Å². The Kier molecular flexibility index (Phi) is 7.26. The van der Waals surface area contributed by atoms with Crippen LogP contribution < -0.4 is 15.9 Å². The fourth-order valence-corrected chi connectivity index (χ4v) is 2.55. The Bertz CT molecular complexity index is 654. The lowest BCUT2D eigenvalue weighted by molar-refractivity contribution is -0.209. The number of hydrazine groups is 1. The smallest absolute Gasteiger partial charge is 0.470 e. The van der Waals surface area contributed by atoms with Crippen molar-refractivity contribution in [2.45, 2.75) is 44.3 Å². The maximum atomic E-state index is 13.6. The highest BCUT2D eigenvalue weighted by atomic mass is 35.5. The van der Waals surface area contributed by atoms with Gasteiger partial charge in [-0.05, 0) is 31.9 Å². The van der Waals surface area contributed by atoms with Gasteiger partial charge in [-0.25, -0.2) is 19.6 Å². The van der Waals surface area contributed by atoms with Crippen LogP contribution in [0.5, 0.6) is 5.75 Å². The van der Waals surface area contributed by atoms with Crippen molar-refractivity contribution >= 4 is 17.6 Å². The number of hydrogen-bond donors (Lipinski definition) is 2. The Morgan fingerprint density at radius 1 is 1.37 bits per heavy atom. The number of carbonyl (C=O) groups is 1. The molecule has 1 heterocycles. The predicted octanol–water partition coefficient (Wildman–Crippen LogP) is 2.61. The van der Waals surface area contributed by atoms with Crippen molar-refractivity contribution in [3.63, 3.8) is 0 Å². The summed E-state index contributed by atoms with van der Waals surface area (Å²) in [7, 11) is 0. The van der Waals surface area contributed by atoms with E-state index in [1.54, 1.807) is 5.01 Å². The first-order valence-corrected chi connectivity index (χ1v) is 8.60. The van der Waals surface area contributed by atoms with Gasteiger partial charge in [-0.3, -0.25) is 0 Å². The van der Waals surface area contributed by atoms with Crippen LogP contribution in [0, 0.1) is 5.82 Å². The third kappa shape index (κ3) is 6.49. The van der Waals surface area contributed by atoms with E-state index in [1.807, 2.05) is 0 Å². The minimum Gasteiger partial charge on any atom is -0.470 e. The monoisotopic (exact) mass is 413 g/mol. The molecule has 6 nitrogen and oxygen atoms in total. The fraction of sp³-hybridized carbons (Fsp3) is 0.562. The first-order valence-electron chi connectivity index (χ1n) is 8.22. The van der Waals surface area contributed by atoms with E-state index in [0.717, 1.165) is 6.07 Å². The maximum absolute atomic E-state index is 13.6. The SMILES string of the molecule is CC(OC(=O)C(F)(F)F)C(NN1CCC(N)CC1)Oc1ccc(Cl)c(F)c1. The number of carbonyl (C=O) groups excluding carboxylic acids is 1. The summed E-state index contributed by atoms with van der Waals surface area (Å²) < 4.78 is 61.0. The van der Waals surface area contributed by atoms with E-state index >= 15 is 0 Å². The summed E-state index contributed by atoms with van der Waals surface area (Å²) in [6.07, 6.45) is -6.30. The molecule has 1 aromatic carbocycles. The van der Waals surface area contributed by atoms with Gasteiger partial charge in [0.25, 0.3) is 0 Å². The number of halogens is 5. The predicted molar refractivity (Wildman–Crippen MR) is 89.4 cm³/mol. The van der Waals surface area contributed by atoms with E-state index in [2.05, 4.69) is 10.2 Å². The molecule has 2 unspecified atom stereocenters. The van der Waals surface area contributed by atoms with Gasteiger partial charge in [0.05, 0.1) is 5.02 Å². The maximum Gasteiger partial charge on any atom is 0.490 e. The van der Waals surface area contributed by atoms with E-state index in [0.29, 0.717) is 25.9 Å². The molecule has 0 saturated carbocycles. The Balaban J connectivity index is 2.11. The first-order chi connectivity index (χ1) is 12.6. The molecule has 1 aliphatic heterocycles. The van der Waals surface area contributed by atoms with Gasteiger partial charge in [-0.2, -0.15) is 13.2 Å². The number of rotatable bonds is 6. The molecule has 152 valence electrons. The van der Waals surface area contributed by atoms with Crippen LogP contribution in [0.4, 0.5) is 17.6 Å². The molecule has 27 heavy (non-hydrogen) atoms. The lowest BCUT2D eigenvalue weighted by Crippen LogP contribution is -2.56. The van der Waals surface area contributed by atoms with Crippen LogP contribution in [0.1, 0.15) is 19.8 Å². The summed E-state index contributed by atoms with van der Waals surface area (Å²) >= 11 is 5.61. The van der Waals surface area contributed by atoms with Gasteiger partial charge in [-0.15, -0.1) is 0 Å². The van der Waals surface area contributed by atoms with E-state index in [9.17, 15) is 22.4 Å². The molecular formula is C16H20ClF4N3O3. The number of nitrogens with two attached hydrogens (primary N) is 1. The molecule has 1 aliphatic rings. The standard InChI is InChI=1S/C16H20ClF4N3O3/c1-9(26-15(25)16(19,20)21)14(23-24-6-4-10(22)5-7-24)27-11-2-3-12(17)13(18)8-11/h2-3,8-10,14,23H,4-7,22H2,1H3. The summed E-state index contributed by atoms with van der Waals surface area (Å²) in [5, 5.41) is 1.58. The molecule has 0 radical (unpaired) electrons. The van der Waals surface area contributed by atoms with Gasteiger partial charge < -0.3 is 15.2 Å². The van der Waals surface area contributed by atoms with Crippen molar-refractivity contribution in [1.82, 2.24) is 10.4 Å². The molecule has 0 aromatic heterocycles. The summed E-state index contributed by atoms with van der Waals surface area (Å²) in [6, 6.07) is 3.62. The Hall–Kier alpha value is -1.62. The molecule has 3 N–H and O–H groups in total. The van der Waals surface area contributed by atoms with Crippen molar-refractivity contribution in [2.24, 2.45) is 5.73 Å². The van der Waals surface area contributed by atoms with E-state index in [4.69, 9.17) is 22.1 Å². The number of hydrogen-bond acceptors (Lipinski definition) is 6. The Morgan fingerprint density at radius 2 is 2.00 bits per heavy atom. The fourth-order valence-electron chi connectivity index (χ4n) is 2.43. The second-order valence-corrected chi connectivity index (χ2v) is 6.58. The van der Waals surface area contributed by atoms with E-state index in [-0.39, 0.29) is 16.8 Å². The number of nitrogens with one attached hydrogen (secondary N) is 1. The minimum atomic E-state index is -5.14. The zero-order chi connectivity index (χ0) is 20.2. The van der Waals surface area contributed by atoms with Gasteiger partial charge in [0, 0.05) is 25.2 Å². The summed E-state index contributed by atoms with van der Waals surface area (Å²) in [4.78, 5) is 11.1. The van der Waals surface area contributed by atoms with Gasteiger partial charge in [0.15, 0.2) is 12.3 Å². The van der Waals surface area contributed by atoms with Crippen LogP contribution in [0.15, 0.2) is 18.2 Å². The van der Waals surface area contributed by atoms with E-state index in [1.165, 1.54) is 19.1 Å². The molecule has 0 aliphatic carbocycles. The van der Waals surface area contributed by atoms with Crippen LogP contribution in [-0.4, -0.2) is 48.6 Å². The van der Waals surface area contributed by atoms with Gasteiger partial charge in [0.2, 0.25) is 0 Å². The first kappa shape index (κ1) is 21.7. The summed E-state index contributed by atoms with van der Waals surface area (Å²) in [6.45, 7) is 2.29. The molecule has 11 heteroatoms. The normalized spacial score (nSPS) is 18.8. The summed E-state index contributed by atoms with van der Waals surface area (Å²) in [5.41, 5.74) is 8.69. The van der Waals surface area contributed by atoms with Gasteiger partial charge in [0.1, 0.15) is 11.6 Å². The second kappa shape index (κ2) is 9.05. The highest BCUT2D eigenvalue weighted by Crippen LogP contribution is 2.23. The van der Waals surface area contributed by atoms with Crippen molar-refractivity contribution in [3.8, 4) is 5.75 Å². The lowest BCUT2D eigenvalue weighted by atomic mass is 10.1. The molecule has 0 bridgehead atoms. The molecule has 2 atom stereocenters. The number of nitrogens with zero attached hydrogens (tertiary/aromatic N) is 1. The average molecular weight is 414 g/mol. The van der Waals surface area contributed by atoms with Crippen molar-refractivity contribution in [2.75, 3.05) is 13.1 Å². The largest absolute Gasteiger partial charge is 0.490 e. The Morgan fingerprint density at radius 3 is 2.56 bits per heavy atom. The number of benzene rings is 1. The third-order valence-electron chi connectivity index (χ3n) is 3.95. The second-order valence-electron chi connectivity index (χ2n) is 6.18. The molecule has 0 spiro atoms. The molecule has 0 amide bonds. The van der Waals surface area contributed by atoms with Crippen LogP contribution in [0.2, 0.25) is 5.02 Å². The Labute approximate surface area is 158 Å². The van der Waals surface area contributed by atoms with Crippen molar-refractivity contribution in [1.29, 1.82) is 0 Å². The van der Waals surface area contributed by atoms with Crippen LogP contribution in [-0.2, 0) is 9.53 Å². The van der Waals surface area contributed by atoms with Crippen molar-refractivity contribution < 1.29 is 31.8 Å². The van der Waals surface area contributed by atoms with E-state index < -0.39 is 30.3 Å². The van der Waals surface area contributed by atoms with Crippen LogP contribution in [0.3, 0.4) is 0 Å². The van der Waals surface area contributed by atoms with Crippen LogP contribution in [0.25, 0.3) is 0 Å². The number of piperidine rings is 1. The quantitative estimate of drug-likeness (QED) is 0.424. The number of ether oxygens (including phenoxy) is 2. The zero-order valence-corrected chi connectivity index (χ0v) is 15.2. The topological polar surface area (TPSA) is 76.8 Å². The van der Waals surface area contributed by atoms with Crippen molar-refractivity contribution in [3.05, 3.63) is 29.0 Å². The van der Waals surface area contributed by atoms with Crippen LogP contribution >= 0.6 is 11.6 Å². The number of alkyl halides is 3. The molecule has 1 fully saturated rings. The lowest BCUT2D eigenvalue weighted by Gasteiger charge is -2.35. The summed E-state index contributed by atoms with van der Waals surface area (Å²) in [5.74, 6) is -3.08. The molecule has 1 saturated heterocycles. The molecular weight excluding hydrogens is 394 g/mol. The third-order valence-corrected chi connectivity index (χ3v) is 4.26. The highest BCUT2D eigenvalue weighted by Gasteiger charge is 2.43. The average Bonchev–Trinajstić information content (AvgIpc) is 2.58. The highest BCUT2D eigenvalue weighted by molar-refractivity contribution is 6.30. The number of esters is 1. The minimum absolute atomic E-state index is 0.0121. The van der Waals surface area contributed by atoms with Gasteiger partial charge in [-0.1, -0.05) is 11.6 Å². The molecule has 1 aromatic rings.